The fraction of sp³-hybridized carbons (Fsp3) is 0.176. The maximum absolute atomic E-state index is 4.54. The van der Waals surface area contributed by atoms with Crippen molar-refractivity contribution in [1.82, 2.24) is 14.8 Å². The Labute approximate surface area is 124 Å². The predicted octanol–water partition coefficient (Wildman–Crippen LogP) is 3.58. The van der Waals surface area contributed by atoms with Crippen molar-refractivity contribution in [2.75, 3.05) is 0 Å². The minimum atomic E-state index is -1.54. The molecule has 0 amide bonds. The first-order valence-corrected chi connectivity index (χ1v) is 10.7. The van der Waals surface area contributed by atoms with E-state index in [1.165, 1.54) is 27.0 Å². The summed E-state index contributed by atoms with van der Waals surface area (Å²) >= 11 is 0. The van der Waals surface area contributed by atoms with Gasteiger partial charge in [0.1, 0.15) is 8.07 Å². The molecule has 0 radical (unpaired) electrons. The maximum Gasteiger partial charge on any atom is 0.107 e. The molecule has 4 rings (SSSR count). The number of para-hydroxylation sites is 1. The second kappa shape index (κ2) is 4.15. The van der Waals surface area contributed by atoms with Gasteiger partial charge in [-0.1, -0.05) is 67.3 Å². The van der Waals surface area contributed by atoms with Gasteiger partial charge in [-0.2, -0.15) is 0 Å². The highest BCUT2D eigenvalue weighted by Gasteiger charge is 2.25. The molecule has 0 aliphatic heterocycles. The van der Waals surface area contributed by atoms with Gasteiger partial charge in [0.25, 0.3) is 0 Å². The minimum absolute atomic E-state index is 1.13. The highest BCUT2D eigenvalue weighted by Crippen LogP contribution is 2.28. The molecular weight excluding hydrogens is 274 g/mol. The number of pyridine rings is 1. The molecule has 4 aromatic rings. The van der Waals surface area contributed by atoms with Gasteiger partial charge in [-0.15, -0.1) is 5.10 Å². The van der Waals surface area contributed by atoms with E-state index >= 15 is 0 Å². The monoisotopic (exact) mass is 291 g/mol. The number of aromatic nitrogens is 3. The third-order valence-electron chi connectivity index (χ3n) is 3.99. The van der Waals surface area contributed by atoms with E-state index in [4.69, 9.17) is 0 Å². The molecule has 0 unspecified atom stereocenters. The smallest absolute Gasteiger partial charge is 0.107 e. The van der Waals surface area contributed by atoms with E-state index in [0.29, 0.717) is 0 Å². The summed E-state index contributed by atoms with van der Waals surface area (Å²) in [5.74, 6) is 0. The molecule has 0 bridgehead atoms. The topological polar surface area (TPSA) is 30.2 Å². The number of hydrogen-bond acceptors (Lipinski definition) is 2. The molecule has 2 heterocycles. The first-order chi connectivity index (χ1) is 10.1. The Morgan fingerprint density at radius 2 is 1.43 bits per heavy atom. The van der Waals surface area contributed by atoms with Crippen molar-refractivity contribution < 1.29 is 0 Å². The van der Waals surface area contributed by atoms with Crippen LogP contribution in [0.3, 0.4) is 0 Å². The summed E-state index contributed by atoms with van der Waals surface area (Å²) in [5.41, 5.74) is 2.31. The standard InChI is InChI=1S/C17H17N3Si/c1-21(2,3)17-16-14-10-5-4-8-12(14)13-9-6-7-11-15(13)20(16)19-18-17/h4-11H,1-3H3. The van der Waals surface area contributed by atoms with Crippen LogP contribution in [0.2, 0.25) is 19.6 Å². The molecule has 0 aliphatic rings. The van der Waals surface area contributed by atoms with Gasteiger partial charge >= 0.3 is 0 Å². The van der Waals surface area contributed by atoms with Gasteiger partial charge < -0.3 is 0 Å². The molecule has 0 saturated heterocycles. The van der Waals surface area contributed by atoms with Crippen LogP contribution in [0.1, 0.15) is 0 Å². The van der Waals surface area contributed by atoms with E-state index in [1.54, 1.807) is 0 Å². The van der Waals surface area contributed by atoms with Crippen molar-refractivity contribution in [3.63, 3.8) is 0 Å². The Balaban J connectivity index is 2.36. The molecule has 0 atom stereocenters. The van der Waals surface area contributed by atoms with Crippen molar-refractivity contribution >= 4 is 40.6 Å². The second-order valence-electron chi connectivity index (χ2n) is 6.51. The quantitative estimate of drug-likeness (QED) is 0.396. The van der Waals surface area contributed by atoms with E-state index in [9.17, 15) is 0 Å². The number of nitrogens with zero attached hydrogens (tertiary/aromatic N) is 3. The van der Waals surface area contributed by atoms with Crippen LogP contribution in [-0.2, 0) is 0 Å². The molecule has 2 aromatic carbocycles. The maximum atomic E-state index is 4.54. The molecule has 4 heteroatoms. The lowest BCUT2D eigenvalue weighted by Gasteiger charge is -2.14. The third kappa shape index (κ3) is 1.72. The summed E-state index contributed by atoms with van der Waals surface area (Å²) in [7, 11) is -1.54. The van der Waals surface area contributed by atoms with Crippen LogP contribution >= 0.6 is 0 Å². The van der Waals surface area contributed by atoms with Crippen molar-refractivity contribution in [3.8, 4) is 0 Å². The number of hydrogen-bond donors (Lipinski definition) is 0. The van der Waals surface area contributed by atoms with Crippen LogP contribution in [0.4, 0.5) is 0 Å². The fourth-order valence-corrected chi connectivity index (χ4v) is 4.30. The molecule has 21 heavy (non-hydrogen) atoms. The molecule has 0 saturated carbocycles. The van der Waals surface area contributed by atoms with E-state index in [2.05, 4.69) is 78.5 Å². The average molecular weight is 291 g/mol. The van der Waals surface area contributed by atoms with Crippen molar-refractivity contribution in [2.45, 2.75) is 19.6 Å². The van der Waals surface area contributed by atoms with Gasteiger partial charge in [-0.25, -0.2) is 4.52 Å². The van der Waals surface area contributed by atoms with Gasteiger partial charge in [-0.05, 0) is 11.5 Å². The lowest BCUT2D eigenvalue weighted by molar-refractivity contribution is 0.888. The van der Waals surface area contributed by atoms with Gasteiger partial charge in [0, 0.05) is 10.8 Å². The first-order valence-electron chi connectivity index (χ1n) is 7.23. The molecule has 0 spiro atoms. The Morgan fingerprint density at radius 3 is 2.14 bits per heavy atom. The number of rotatable bonds is 1. The zero-order chi connectivity index (χ0) is 14.6. The third-order valence-corrected chi connectivity index (χ3v) is 5.74. The zero-order valence-electron chi connectivity index (χ0n) is 12.5. The molecule has 104 valence electrons. The lowest BCUT2D eigenvalue weighted by Crippen LogP contribution is -2.39. The molecule has 0 fully saturated rings. The summed E-state index contributed by atoms with van der Waals surface area (Å²) in [4.78, 5) is 0. The SMILES string of the molecule is C[Si](C)(C)c1nnn2c3ccccc3c3ccccc3c12. The van der Waals surface area contributed by atoms with Crippen LogP contribution in [-0.4, -0.2) is 22.9 Å². The normalized spacial score (nSPS) is 12.5. The molecular formula is C17H17N3Si. The molecule has 2 aromatic heterocycles. The summed E-state index contributed by atoms with van der Waals surface area (Å²) < 4.78 is 2.02. The summed E-state index contributed by atoms with van der Waals surface area (Å²) in [6.45, 7) is 6.96. The molecule has 0 aliphatic carbocycles. The summed E-state index contributed by atoms with van der Waals surface area (Å²) in [5, 5.41) is 13.9. The summed E-state index contributed by atoms with van der Waals surface area (Å²) in [6.07, 6.45) is 0. The van der Waals surface area contributed by atoms with Crippen LogP contribution < -0.4 is 5.32 Å². The van der Waals surface area contributed by atoms with Gasteiger partial charge in [0.2, 0.25) is 0 Å². The van der Waals surface area contributed by atoms with E-state index in [0.717, 1.165) is 5.52 Å². The number of benzene rings is 2. The van der Waals surface area contributed by atoms with Gasteiger partial charge in [0.05, 0.1) is 16.4 Å². The van der Waals surface area contributed by atoms with E-state index in [-0.39, 0.29) is 0 Å². The highest BCUT2D eigenvalue weighted by atomic mass is 28.3. The Kier molecular flexibility index (Phi) is 2.47. The molecule has 0 N–H and O–H groups in total. The summed E-state index contributed by atoms with van der Waals surface area (Å²) in [6, 6.07) is 17.0. The predicted molar refractivity (Wildman–Crippen MR) is 91.0 cm³/mol. The van der Waals surface area contributed by atoms with Crippen LogP contribution in [0, 0.1) is 0 Å². The average Bonchev–Trinajstić information content (AvgIpc) is 2.93. The number of fused-ring (bicyclic) bond motifs is 6. The van der Waals surface area contributed by atoms with Crippen LogP contribution in [0.25, 0.3) is 27.2 Å². The Morgan fingerprint density at radius 1 is 0.810 bits per heavy atom. The van der Waals surface area contributed by atoms with Crippen molar-refractivity contribution in [2.24, 2.45) is 0 Å². The largest absolute Gasteiger partial charge is 0.212 e. The van der Waals surface area contributed by atoms with Crippen LogP contribution in [0.5, 0.6) is 0 Å². The Hall–Kier alpha value is -2.20. The van der Waals surface area contributed by atoms with Crippen molar-refractivity contribution in [1.29, 1.82) is 0 Å². The fourth-order valence-electron chi connectivity index (χ4n) is 3.01. The lowest BCUT2D eigenvalue weighted by atomic mass is 10.1. The van der Waals surface area contributed by atoms with Gasteiger partial charge in [-0.3, -0.25) is 0 Å². The van der Waals surface area contributed by atoms with Gasteiger partial charge in [0.15, 0.2) is 0 Å². The van der Waals surface area contributed by atoms with Crippen molar-refractivity contribution in [3.05, 3.63) is 48.5 Å². The first kappa shape index (κ1) is 12.5. The van der Waals surface area contributed by atoms with Crippen LogP contribution in [0.15, 0.2) is 48.5 Å². The van der Waals surface area contributed by atoms with E-state index < -0.39 is 8.07 Å². The second-order valence-corrected chi connectivity index (χ2v) is 11.5. The van der Waals surface area contributed by atoms with E-state index in [1.807, 2.05) is 4.52 Å². The minimum Gasteiger partial charge on any atom is -0.212 e. The molecule has 3 nitrogen and oxygen atoms in total. The zero-order valence-corrected chi connectivity index (χ0v) is 13.5. The highest BCUT2D eigenvalue weighted by molar-refractivity contribution is 6.89. The Bertz CT molecular complexity index is 980.